The molecule has 0 fully saturated rings. The maximum absolute atomic E-state index is 14.6. The van der Waals surface area contributed by atoms with E-state index < -0.39 is 5.92 Å². The molecule has 0 saturated carbocycles. The van der Waals surface area contributed by atoms with Gasteiger partial charge in [-0.05, 0) is 48.1 Å². The highest BCUT2D eigenvalue weighted by Crippen LogP contribution is 2.42. The van der Waals surface area contributed by atoms with Gasteiger partial charge in [0.1, 0.15) is 17.3 Å². The van der Waals surface area contributed by atoms with Crippen molar-refractivity contribution in [1.29, 1.82) is 0 Å². The van der Waals surface area contributed by atoms with Crippen LogP contribution < -0.4 is 19.8 Å². The summed E-state index contributed by atoms with van der Waals surface area (Å²) in [7, 11) is 3.18. The molecular formula is C33H26N2O4S. The van der Waals surface area contributed by atoms with Crippen LogP contribution >= 0.6 is 12.2 Å². The summed E-state index contributed by atoms with van der Waals surface area (Å²) in [5, 5.41) is 0. The van der Waals surface area contributed by atoms with Crippen molar-refractivity contribution in [2.75, 3.05) is 14.2 Å². The topological polar surface area (TPSA) is 54.6 Å². The Kier molecular flexibility index (Phi) is 6.80. The van der Waals surface area contributed by atoms with Gasteiger partial charge >= 0.3 is 0 Å². The Morgan fingerprint density at radius 2 is 1.23 bits per heavy atom. The zero-order valence-electron chi connectivity index (χ0n) is 22.0. The summed E-state index contributed by atoms with van der Waals surface area (Å²) in [6.07, 6.45) is 2.00. The Morgan fingerprint density at radius 3 is 1.82 bits per heavy atom. The van der Waals surface area contributed by atoms with E-state index in [0.717, 1.165) is 11.1 Å². The number of rotatable bonds is 6. The van der Waals surface area contributed by atoms with E-state index in [-0.39, 0.29) is 10.3 Å². The van der Waals surface area contributed by atoms with Crippen LogP contribution in [-0.4, -0.2) is 23.4 Å². The summed E-state index contributed by atoms with van der Waals surface area (Å²) >= 11 is 6.07. The Balaban J connectivity index is 1.76. The average Bonchev–Trinajstić information content (AvgIpc) is 3.02. The molecular weight excluding hydrogens is 520 g/mol. The molecule has 5 aromatic rings. The van der Waals surface area contributed by atoms with Crippen molar-refractivity contribution in [1.82, 2.24) is 9.13 Å². The van der Waals surface area contributed by atoms with Crippen LogP contribution in [0.25, 0.3) is 17.1 Å². The monoisotopic (exact) mass is 546 g/mol. The Bertz CT molecular complexity index is 1840. The predicted octanol–water partition coefficient (Wildman–Crippen LogP) is 6.94. The number of aromatic nitrogens is 2. The minimum Gasteiger partial charge on any atom is -0.495 e. The molecule has 0 aliphatic carbocycles. The molecule has 1 aliphatic heterocycles. The fourth-order valence-corrected chi connectivity index (χ4v) is 5.44. The number of methoxy groups -OCH3 is 2. The van der Waals surface area contributed by atoms with Crippen molar-refractivity contribution in [2.24, 2.45) is 0 Å². The molecule has 2 heterocycles. The summed E-state index contributed by atoms with van der Waals surface area (Å²) in [5.74, 6) is 1.68. The first-order chi connectivity index (χ1) is 19.6. The van der Waals surface area contributed by atoms with Gasteiger partial charge in [0.15, 0.2) is 4.77 Å². The third kappa shape index (κ3) is 4.30. The standard InChI is InChI=1S/C33H26N2O4S/c1-37-27-19-11-9-17-25(27)34-31(36)30-24(22-13-5-3-6-14-22)21-29(23-15-7-4-8-16-23)39-32(30)35(33(34)40)26-18-10-12-20-28(26)38-2/h3-21,24H,1-2H3. The van der Waals surface area contributed by atoms with Gasteiger partial charge in [0, 0.05) is 11.5 Å². The van der Waals surface area contributed by atoms with Crippen LogP contribution in [-0.2, 0) is 0 Å². The highest BCUT2D eigenvalue weighted by Gasteiger charge is 2.33. The minimum atomic E-state index is -0.412. The largest absolute Gasteiger partial charge is 0.495 e. The zero-order valence-corrected chi connectivity index (χ0v) is 22.8. The lowest BCUT2D eigenvalue weighted by Gasteiger charge is -2.29. The molecule has 0 amide bonds. The van der Waals surface area contributed by atoms with Crippen LogP contribution in [0.1, 0.15) is 22.6 Å². The molecule has 4 aromatic carbocycles. The van der Waals surface area contributed by atoms with Gasteiger partial charge in [0.25, 0.3) is 5.56 Å². The highest BCUT2D eigenvalue weighted by atomic mass is 32.1. The second-order valence-corrected chi connectivity index (χ2v) is 9.57. The quantitative estimate of drug-likeness (QED) is 0.216. The van der Waals surface area contributed by atoms with E-state index in [1.165, 1.54) is 4.57 Å². The molecule has 0 N–H and O–H groups in total. The van der Waals surface area contributed by atoms with Crippen molar-refractivity contribution in [3.05, 3.63) is 147 Å². The molecule has 0 bridgehead atoms. The normalized spacial score (nSPS) is 14.1. The van der Waals surface area contributed by atoms with E-state index in [2.05, 4.69) is 0 Å². The number of nitrogens with zero attached hydrogens (tertiary/aromatic N) is 2. The first-order valence-electron chi connectivity index (χ1n) is 12.8. The second kappa shape index (κ2) is 10.7. The van der Waals surface area contributed by atoms with Crippen LogP contribution in [0.5, 0.6) is 17.4 Å². The van der Waals surface area contributed by atoms with Crippen molar-refractivity contribution in [3.63, 3.8) is 0 Å². The molecule has 0 radical (unpaired) electrons. The molecule has 1 aromatic heterocycles. The van der Waals surface area contributed by atoms with Crippen molar-refractivity contribution in [3.8, 4) is 28.8 Å². The lowest BCUT2D eigenvalue weighted by molar-refractivity contribution is 0.403. The van der Waals surface area contributed by atoms with E-state index in [1.54, 1.807) is 18.8 Å². The number of hydrogen-bond acceptors (Lipinski definition) is 5. The van der Waals surface area contributed by atoms with Gasteiger partial charge in [-0.2, -0.15) is 0 Å². The molecule has 6 rings (SSSR count). The second-order valence-electron chi connectivity index (χ2n) is 9.21. The van der Waals surface area contributed by atoms with Gasteiger partial charge in [-0.25, -0.2) is 4.57 Å². The van der Waals surface area contributed by atoms with E-state index in [4.69, 9.17) is 26.4 Å². The maximum atomic E-state index is 14.6. The lowest BCUT2D eigenvalue weighted by atomic mass is 9.89. The maximum Gasteiger partial charge on any atom is 0.267 e. The van der Waals surface area contributed by atoms with E-state index >= 15 is 0 Å². The molecule has 1 atom stereocenters. The summed E-state index contributed by atoms with van der Waals surface area (Å²) in [6, 6.07) is 34.6. The molecule has 0 saturated heterocycles. The van der Waals surface area contributed by atoms with Gasteiger partial charge in [-0.15, -0.1) is 0 Å². The van der Waals surface area contributed by atoms with Crippen LogP contribution in [0.15, 0.2) is 120 Å². The van der Waals surface area contributed by atoms with Crippen LogP contribution in [0.4, 0.5) is 0 Å². The Labute approximate surface area is 237 Å². The summed E-state index contributed by atoms with van der Waals surface area (Å²) < 4.78 is 21.5. The number of ether oxygens (including phenoxy) is 3. The molecule has 198 valence electrons. The summed E-state index contributed by atoms with van der Waals surface area (Å²) in [6.45, 7) is 0. The molecule has 6 nitrogen and oxygen atoms in total. The molecule has 7 heteroatoms. The lowest BCUT2D eigenvalue weighted by Crippen LogP contribution is -2.32. The van der Waals surface area contributed by atoms with Gasteiger partial charge in [-0.3, -0.25) is 9.36 Å². The van der Waals surface area contributed by atoms with Crippen molar-refractivity contribution < 1.29 is 14.2 Å². The number of allylic oxidation sites excluding steroid dienone is 1. The van der Waals surface area contributed by atoms with Gasteiger partial charge in [0.05, 0.1) is 31.2 Å². The first kappa shape index (κ1) is 25.4. The van der Waals surface area contributed by atoms with Gasteiger partial charge in [0.2, 0.25) is 5.88 Å². The third-order valence-corrected chi connectivity index (χ3v) is 7.32. The summed E-state index contributed by atoms with van der Waals surface area (Å²) in [4.78, 5) is 14.6. The van der Waals surface area contributed by atoms with Gasteiger partial charge in [-0.1, -0.05) is 84.9 Å². The van der Waals surface area contributed by atoms with Gasteiger partial charge < -0.3 is 14.2 Å². The number of benzene rings is 4. The molecule has 1 aliphatic rings. The van der Waals surface area contributed by atoms with Crippen molar-refractivity contribution in [2.45, 2.75) is 5.92 Å². The van der Waals surface area contributed by atoms with Crippen LogP contribution in [0.3, 0.4) is 0 Å². The molecule has 0 spiro atoms. The van der Waals surface area contributed by atoms with E-state index in [1.807, 2.05) is 115 Å². The zero-order chi connectivity index (χ0) is 27.6. The Morgan fingerprint density at radius 1 is 0.700 bits per heavy atom. The fraction of sp³-hybridized carbons (Fsp3) is 0.0909. The average molecular weight is 547 g/mol. The number of para-hydroxylation sites is 4. The first-order valence-corrected chi connectivity index (χ1v) is 13.2. The van der Waals surface area contributed by atoms with Crippen molar-refractivity contribution >= 4 is 18.0 Å². The molecule has 1 unspecified atom stereocenters. The Hall–Kier alpha value is -4.88. The van der Waals surface area contributed by atoms with E-state index in [9.17, 15) is 4.79 Å². The number of fused-ring (bicyclic) bond motifs is 1. The smallest absolute Gasteiger partial charge is 0.267 e. The highest BCUT2D eigenvalue weighted by molar-refractivity contribution is 7.71. The third-order valence-electron chi connectivity index (χ3n) is 6.95. The number of hydrogen-bond donors (Lipinski definition) is 0. The summed E-state index contributed by atoms with van der Waals surface area (Å²) in [5.41, 5.74) is 3.20. The fourth-order valence-electron chi connectivity index (χ4n) is 5.08. The SMILES string of the molecule is COc1ccccc1-n1c2c(c(=O)n(-c3ccccc3OC)c1=S)C(c1ccccc1)C=C(c1ccccc1)O2. The molecule has 40 heavy (non-hydrogen) atoms. The van der Waals surface area contributed by atoms with E-state index in [0.29, 0.717) is 40.1 Å². The van der Waals surface area contributed by atoms with Crippen LogP contribution in [0.2, 0.25) is 0 Å². The van der Waals surface area contributed by atoms with Crippen LogP contribution in [0, 0.1) is 4.77 Å². The minimum absolute atomic E-state index is 0.221. The predicted molar refractivity (Wildman–Crippen MR) is 159 cm³/mol.